The third-order valence-corrected chi connectivity index (χ3v) is 5.63. The Kier molecular flexibility index (Phi) is 8.22. The molecule has 186 valence electrons. The van der Waals surface area contributed by atoms with Crippen molar-refractivity contribution in [2.45, 2.75) is 37.3 Å². The van der Waals surface area contributed by atoms with Crippen LogP contribution in [0.2, 0.25) is 0 Å². The second kappa shape index (κ2) is 10.9. The van der Waals surface area contributed by atoms with E-state index in [2.05, 4.69) is 10.6 Å². The molecule has 0 aliphatic heterocycles. The number of aryl methyl sites for hydroxylation is 1. The monoisotopic (exact) mass is 494 g/mol. The molecule has 0 aliphatic rings. The van der Waals surface area contributed by atoms with Crippen molar-refractivity contribution >= 4 is 5.91 Å². The van der Waals surface area contributed by atoms with Gasteiger partial charge < -0.3 is 5.32 Å². The number of alkyl halides is 6. The Labute approximate surface area is 199 Å². The van der Waals surface area contributed by atoms with Crippen LogP contribution in [0.25, 0.3) is 0 Å². The first-order chi connectivity index (χ1) is 16.5. The number of benzene rings is 3. The van der Waals surface area contributed by atoms with Gasteiger partial charge in [-0.15, -0.1) is 0 Å². The summed E-state index contributed by atoms with van der Waals surface area (Å²) in [6, 6.07) is 16.6. The smallest absolute Gasteiger partial charge is 0.358 e. The largest absolute Gasteiger partial charge is 0.416 e. The van der Waals surface area contributed by atoms with Crippen molar-refractivity contribution in [3.8, 4) is 0 Å². The number of nitrogens with one attached hydrogen (secondary N) is 2. The summed E-state index contributed by atoms with van der Waals surface area (Å²) < 4.78 is 78.6. The van der Waals surface area contributed by atoms with Gasteiger partial charge in [0.15, 0.2) is 0 Å². The highest BCUT2D eigenvalue weighted by molar-refractivity contribution is 5.83. The molecule has 2 atom stereocenters. The van der Waals surface area contributed by atoms with Crippen LogP contribution in [0, 0.1) is 0 Å². The summed E-state index contributed by atoms with van der Waals surface area (Å²) in [5.74, 6) is -0.372. The van der Waals surface area contributed by atoms with Gasteiger partial charge in [-0.1, -0.05) is 54.6 Å². The Morgan fingerprint density at radius 3 is 1.94 bits per heavy atom. The number of hydrogen-bond acceptors (Lipinski definition) is 2. The van der Waals surface area contributed by atoms with Gasteiger partial charge in [-0.2, -0.15) is 26.3 Å². The van der Waals surface area contributed by atoms with Crippen molar-refractivity contribution < 1.29 is 31.1 Å². The van der Waals surface area contributed by atoms with Gasteiger partial charge in [0.05, 0.1) is 11.1 Å². The van der Waals surface area contributed by atoms with E-state index in [1.54, 1.807) is 30.3 Å². The van der Waals surface area contributed by atoms with Crippen molar-refractivity contribution in [1.29, 1.82) is 0 Å². The molecule has 3 rings (SSSR count). The Morgan fingerprint density at radius 1 is 0.771 bits per heavy atom. The predicted octanol–water partition coefficient (Wildman–Crippen LogP) is 6.48. The number of carbonyl (C=O) groups is 1. The lowest BCUT2D eigenvalue weighted by atomic mass is 9.95. The molecule has 0 aromatic heterocycles. The summed E-state index contributed by atoms with van der Waals surface area (Å²) in [6.45, 7) is 0. The van der Waals surface area contributed by atoms with Crippen molar-refractivity contribution in [3.63, 3.8) is 0 Å². The fourth-order valence-corrected chi connectivity index (χ4v) is 3.76. The molecule has 0 saturated heterocycles. The molecule has 3 nitrogen and oxygen atoms in total. The first-order valence-corrected chi connectivity index (χ1v) is 10.8. The van der Waals surface area contributed by atoms with E-state index in [1.807, 2.05) is 0 Å². The van der Waals surface area contributed by atoms with Crippen molar-refractivity contribution in [1.82, 2.24) is 10.6 Å². The maximum Gasteiger partial charge on any atom is 0.416 e. The molecule has 9 heteroatoms. The molecule has 0 heterocycles. The molecular formula is C26H24F6N2O. The summed E-state index contributed by atoms with van der Waals surface area (Å²) in [5, 5.41) is 5.72. The van der Waals surface area contributed by atoms with Gasteiger partial charge in [-0.25, -0.2) is 0 Å². The number of hydrogen-bond donors (Lipinski definition) is 2. The van der Waals surface area contributed by atoms with Crippen LogP contribution >= 0.6 is 0 Å². The van der Waals surface area contributed by atoms with Crippen LogP contribution in [0.3, 0.4) is 0 Å². The van der Waals surface area contributed by atoms with E-state index in [0.29, 0.717) is 16.7 Å². The highest BCUT2D eigenvalue weighted by atomic mass is 19.4. The van der Waals surface area contributed by atoms with Crippen LogP contribution in [0.4, 0.5) is 26.3 Å². The molecule has 0 unspecified atom stereocenters. The highest BCUT2D eigenvalue weighted by Crippen LogP contribution is 2.33. The first kappa shape index (κ1) is 26.3. The number of amides is 1. The second-order valence-corrected chi connectivity index (χ2v) is 8.03. The number of rotatable bonds is 8. The Morgan fingerprint density at radius 2 is 1.37 bits per heavy atom. The van der Waals surface area contributed by atoms with E-state index in [0.717, 1.165) is 24.3 Å². The second-order valence-electron chi connectivity index (χ2n) is 8.03. The summed E-state index contributed by atoms with van der Waals surface area (Å²) >= 11 is 0. The summed E-state index contributed by atoms with van der Waals surface area (Å²) in [7, 11) is 1.46. The third kappa shape index (κ3) is 7.08. The van der Waals surface area contributed by atoms with Crippen LogP contribution in [-0.2, 0) is 23.6 Å². The summed E-state index contributed by atoms with van der Waals surface area (Å²) in [5.41, 5.74) is -0.0759. The van der Waals surface area contributed by atoms with Gasteiger partial charge in [-0.3, -0.25) is 10.1 Å². The summed E-state index contributed by atoms with van der Waals surface area (Å²) in [6.07, 6.45) is -8.49. The lowest BCUT2D eigenvalue weighted by Gasteiger charge is -2.26. The van der Waals surface area contributed by atoms with Gasteiger partial charge in [0.2, 0.25) is 5.91 Å². The quantitative estimate of drug-likeness (QED) is 0.352. The predicted molar refractivity (Wildman–Crippen MR) is 120 cm³/mol. The van der Waals surface area contributed by atoms with Gasteiger partial charge in [-0.05, 0) is 53.8 Å². The van der Waals surface area contributed by atoms with E-state index in [4.69, 9.17) is 0 Å². The van der Waals surface area contributed by atoms with E-state index >= 15 is 0 Å². The molecular weight excluding hydrogens is 470 g/mol. The topological polar surface area (TPSA) is 41.1 Å². The average molecular weight is 494 g/mol. The van der Waals surface area contributed by atoms with Crippen LogP contribution in [0.15, 0.2) is 78.9 Å². The molecule has 0 fully saturated rings. The molecule has 0 aliphatic carbocycles. The van der Waals surface area contributed by atoms with Crippen LogP contribution in [-0.4, -0.2) is 13.0 Å². The lowest BCUT2D eigenvalue weighted by Crippen LogP contribution is -2.38. The molecule has 2 N–H and O–H groups in total. The molecule has 1 amide bonds. The molecule has 0 radical (unpaired) electrons. The van der Waals surface area contributed by atoms with Crippen molar-refractivity contribution in [3.05, 3.63) is 107 Å². The van der Waals surface area contributed by atoms with E-state index in [1.165, 1.54) is 31.3 Å². The standard InChI is InChI=1S/C26H24F6N2O/c1-33-24(35)23(18-6-3-2-4-7-18)34-22(19-8-5-9-21(16-19)26(30,31)32)15-12-17-10-13-20(14-11-17)25(27,28)29/h2-11,13-14,16,22-23,34H,12,15H2,1H3,(H,33,35)/t22-,23+/m0/s1. The Hall–Kier alpha value is -3.33. The zero-order chi connectivity index (χ0) is 25.6. The minimum absolute atomic E-state index is 0.243. The molecule has 3 aromatic rings. The van der Waals surface area contributed by atoms with Gasteiger partial charge in [0.1, 0.15) is 6.04 Å². The van der Waals surface area contributed by atoms with Gasteiger partial charge in [0.25, 0.3) is 0 Å². The maximum atomic E-state index is 13.4. The zero-order valence-corrected chi connectivity index (χ0v) is 18.8. The first-order valence-electron chi connectivity index (χ1n) is 10.8. The van der Waals surface area contributed by atoms with Gasteiger partial charge >= 0.3 is 12.4 Å². The average Bonchev–Trinajstić information content (AvgIpc) is 2.83. The molecule has 3 aromatic carbocycles. The third-order valence-electron chi connectivity index (χ3n) is 5.63. The molecule has 0 spiro atoms. The normalized spacial score (nSPS) is 13.8. The molecule has 35 heavy (non-hydrogen) atoms. The molecule has 0 saturated carbocycles. The Balaban J connectivity index is 1.92. The number of halogens is 6. The maximum absolute atomic E-state index is 13.4. The van der Waals surface area contributed by atoms with Gasteiger partial charge in [0, 0.05) is 13.1 Å². The van der Waals surface area contributed by atoms with Crippen molar-refractivity contribution in [2.75, 3.05) is 7.05 Å². The zero-order valence-electron chi connectivity index (χ0n) is 18.8. The van der Waals surface area contributed by atoms with E-state index < -0.39 is 35.6 Å². The summed E-state index contributed by atoms with van der Waals surface area (Å²) in [4.78, 5) is 12.7. The fraction of sp³-hybridized carbons (Fsp3) is 0.269. The van der Waals surface area contributed by atoms with E-state index in [9.17, 15) is 31.1 Å². The van der Waals surface area contributed by atoms with Crippen molar-refractivity contribution in [2.24, 2.45) is 0 Å². The SMILES string of the molecule is CNC(=O)[C@H](N[C@@H](CCc1ccc(C(F)(F)F)cc1)c1cccc(C(F)(F)F)c1)c1ccccc1. The minimum atomic E-state index is -4.55. The minimum Gasteiger partial charge on any atom is -0.358 e. The number of likely N-dealkylation sites (N-methyl/N-ethyl adjacent to an activating group) is 1. The Bertz CT molecular complexity index is 1110. The van der Waals surface area contributed by atoms with Crippen LogP contribution < -0.4 is 10.6 Å². The lowest BCUT2D eigenvalue weighted by molar-refractivity contribution is -0.138. The van der Waals surface area contributed by atoms with Crippen LogP contribution in [0.1, 0.15) is 46.3 Å². The number of carbonyl (C=O) groups excluding carboxylic acids is 1. The van der Waals surface area contributed by atoms with E-state index in [-0.39, 0.29) is 18.7 Å². The van der Waals surface area contributed by atoms with Crippen LogP contribution in [0.5, 0.6) is 0 Å². The molecule has 0 bridgehead atoms. The fourth-order valence-electron chi connectivity index (χ4n) is 3.76. The highest BCUT2D eigenvalue weighted by Gasteiger charge is 2.32.